The second-order valence-electron chi connectivity index (χ2n) is 2.55. The molecule has 0 amide bonds. The summed E-state index contributed by atoms with van der Waals surface area (Å²) in [6.45, 7) is 1.31. The lowest BCUT2D eigenvalue weighted by molar-refractivity contribution is -0.328. The molecule has 1 aromatic heterocycles. The van der Waals surface area contributed by atoms with Gasteiger partial charge in [0, 0.05) is 6.20 Å². The first-order chi connectivity index (χ1) is 6.16. The van der Waals surface area contributed by atoms with Crippen molar-refractivity contribution < 1.29 is 22.0 Å². The number of nitrogens with zero attached hydrogens (tertiary/aromatic N) is 2. The molecule has 14 heavy (non-hydrogen) atoms. The van der Waals surface area contributed by atoms with E-state index < -0.39 is 16.9 Å². The Morgan fingerprint density at radius 1 is 1.29 bits per heavy atom. The summed E-state index contributed by atoms with van der Waals surface area (Å²) in [4.78, 5) is 0. The molecule has 0 saturated carbocycles. The van der Waals surface area contributed by atoms with Crippen molar-refractivity contribution in [2.75, 3.05) is 0 Å². The first-order valence-corrected chi connectivity index (χ1v) is 4.12. The molecule has 0 spiro atoms. The standard InChI is InChI=1S/C6H4BrF5N2/c1-3-4(7)2-14(13-3)6(11,12)5(8,9)10/h2H,1H3. The Labute approximate surface area is 83.8 Å². The Morgan fingerprint density at radius 2 is 1.79 bits per heavy atom. The number of aryl methyl sites for hydroxylation is 1. The van der Waals surface area contributed by atoms with E-state index in [1.54, 1.807) is 0 Å². The lowest BCUT2D eigenvalue weighted by Crippen LogP contribution is -2.40. The van der Waals surface area contributed by atoms with Crippen LogP contribution in [0.3, 0.4) is 0 Å². The van der Waals surface area contributed by atoms with Crippen LogP contribution in [0.4, 0.5) is 22.0 Å². The summed E-state index contributed by atoms with van der Waals surface area (Å²) in [7, 11) is 0. The van der Waals surface area contributed by atoms with Crippen LogP contribution >= 0.6 is 15.9 Å². The van der Waals surface area contributed by atoms with E-state index in [-0.39, 0.29) is 10.2 Å². The first kappa shape index (κ1) is 11.4. The van der Waals surface area contributed by atoms with E-state index in [1.165, 1.54) is 6.92 Å². The van der Waals surface area contributed by atoms with Crippen LogP contribution in [-0.2, 0) is 6.05 Å². The quantitative estimate of drug-likeness (QED) is 0.722. The molecule has 8 heteroatoms. The molecule has 80 valence electrons. The van der Waals surface area contributed by atoms with Gasteiger partial charge in [0.25, 0.3) is 0 Å². The molecule has 0 aliphatic rings. The van der Waals surface area contributed by atoms with Crippen molar-refractivity contribution >= 4 is 15.9 Å². The highest BCUT2D eigenvalue weighted by atomic mass is 79.9. The van der Waals surface area contributed by atoms with Gasteiger partial charge in [0.2, 0.25) is 0 Å². The van der Waals surface area contributed by atoms with Crippen LogP contribution in [0.1, 0.15) is 5.69 Å². The Morgan fingerprint density at radius 3 is 2.07 bits per heavy atom. The number of hydrogen-bond donors (Lipinski definition) is 0. The molecule has 0 radical (unpaired) electrons. The number of alkyl halides is 5. The summed E-state index contributed by atoms with van der Waals surface area (Å²) in [5.41, 5.74) is 0.0638. The minimum absolute atomic E-state index is 0.0638. The highest BCUT2D eigenvalue weighted by Gasteiger charge is 2.60. The maximum absolute atomic E-state index is 12.6. The molecule has 0 N–H and O–H groups in total. The zero-order valence-corrected chi connectivity index (χ0v) is 8.33. The van der Waals surface area contributed by atoms with E-state index in [0.29, 0.717) is 6.20 Å². The third-order valence-corrected chi connectivity index (χ3v) is 2.25. The van der Waals surface area contributed by atoms with Crippen LogP contribution in [0.5, 0.6) is 0 Å². The van der Waals surface area contributed by atoms with Gasteiger partial charge in [-0.1, -0.05) is 0 Å². The molecular weight excluding hydrogens is 275 g/mol. The fourth-order valence-electron chi connectivity index (χ4n) is 0.713. The molecule has 0 unspecified atom stereocenters. The highest BCUT2D eigenvalue weighted by Crippen LogP contribution is 2.39. The Balaban J connectivity index is 3.16. The van der Waals surface area contributed by atoms with Crippen LogP contribution < -0.4 is 0 Å². The summed E-state index contributed by atoms with van der Waals surface area (Å²) < 4.78 is 60.4. The molecule has 1 rings (SSSR count). The van der Waals surface area contributed by atoms with E-state index in [4.69, 9.17) is 0 Å². The summed E-state index contributed by atoms with van der Waals surface area (Å²) in [6.07, 6.45) is -5.06. The number of hydrogen-bond acceptors (Lipinski definition) is 1. The smallest absolute Gasteiger partial charge is 0.200 e. The normalized spacial score (nSPS) is 13.4. The number of aromatic nitrogens is 2. The molecule has 0 atom stereocenters. The largest absolute Gasteiger partial charge is 0.477 e. The van der Waals surface area contributed by atoms with Crippen molar-refractivity contribution in [2.45, 2.75) is 19.1 Å². The SMILES string of the molecule is Cc1nn(C(F)(F)C(F)(F)F)cc1Br. The van der Waals surface area contributed by atoms with Crippen molar-refractivity contribution in [1.82, 2.24) is 9.78 Å². The second-order valence-corrected chi connectivity index (χ2v) is 3.40. The van der Waals surface area contributed by atoms with Crippen molar-refractivity contribution in [2.24, 2.45) is 0 Å². The maximum Gasteiger partial charge on any atom is 0.477 e. The third kappa shape index (κ3) is 1.75. The van der Waals surface area contributed by atoms with Gasteiger partial charge in [-0.15, -0.1) is 0 Å². The van der Waals surface area contributed by atoms with E-state index in [9.17, 15) is 22.0 Å². The zero-order chi connectivity index (χ0) is 11.1. The minimum Gasteiger partial charge on any atom is -0.200 e. The van der Waals surface area contributed by atoms with Crippen LogP contribution in [0.2, 0.25) is 0 Å². The van der Waals surface area contributed by atoms with E-state index in [1.807, 2.05) is 0 Å². The summed E-state index contributed by atoms with van der Waals surface area (Å²) in [6, 6.07) is -4.98. The molecule has 1 heterocycles. The fraction of sp³-hybridized carbons (Fsp3) is 0.500. The van der Waals surface area contributed by atoms with E-state index >= 15 is 0 Å². The van der Waals surface area contributed by atoms with Gasteiger partial charge in [0.1, 0.15) is 0 Å². The third-order valence-electron chi connectivity index (χ3n) is 1.47. The Hall–Kier alpha value is -0.660. The number of halogens is 6. The van der Waals surface area contributed by atoms with Gasteiger partial charge in [-0.05, 0) is 22.9 Å². The monoisotopic (exact) mass is 278 g/mol. The fourth-order valence-corrected chi connectivity index (χ4v) is 0.986. The topological polar surface area (TPSA) is 17.8 Å². The molecule has 2 nitrogen and oxygen atoms in total. The molecule has 0 aliphatic carbocycles. The zero-order valence-electron chi connectivity index (χ0n) is 6.74. The number of rotatable bonds is 1. The summed E-state index contributed by atoms with van der Waals surface area (Å²) in [5, 5.41) is 3.05. The van der Waals surface area contributed by atoms with Crippen molar-refractivity contribution in [1.29, 1.82) is 0 Å². The van der Waals surface area contributed by atoms with Crippen molar-refractivity contribution in [3.8, 4) is 0 Å². The molecule has 0 aliphatic heterocycles. The van der Waals surface area contributed by atoms with Crippen LogP contribution in [0.15, 0.2) is 10.7 Å². The summed E-state index contributed by atoms with van der Waals surface area (Å²) >= 11 is 2.79. The van der Waals surface area contributed by atoms with Gasteiger partial charge in [-0.25, -0.2) is 0 Å². The molecular formula is C6H4BrF5N2. The van der Waals surface area contributed by atoms with Gasteiger partial charge in [-0.2, -0.15) is 31.7 Å². The van der Waals surface area contributed by atoms with Crippen LogP contribution in [-0.4, -0.2) is 16.0 Å². The lowest BCUT2D eigenvalue weighted by Gasteiger charge is -2.19. The van der Waals surface area contributed by atoms with Crippen LogP contribution in [0.25, 0.3) is 0 Å². The van der Waals surface area contributed by atoms with Gasteiger partial charge in [0.05, 0.1) is 10.2 Å². The van der Waals surface area contributed by atoms with Gasteiger partial charge in [-0.3, -0.25) is 0 Å². The minimum atomic E-state index is -5.65. The lowest BCUT2D eigenvalue weighted by atomic mass is 10.5. The van der Waals surface area contributed by atoms with Gasteiger partial charge >= 0.3 is 12.2 Å². The van der Waals surface area contributed by atoms with Crippen molar-refractivity contribution in [3.05, 3.63) is 16.4 Å². The first-order valence-electron chi connectivity index (χ1n) is 3.33. The molecule has 0 bridgehead atoms. The molecule has 0 fully saturated rings. The second kappa shape index (κ2) is 3.18. The highest BCUT2D eigenvalue weighted by molar-refractivity contribution is 9.10. The molecule has 1 aromatic rings. The Bertz CT molecular complexity index is 323. The predicted molar refractivity (Wildman–Crippen MR) is 40.9 cm³/mol. The average Bonchev–Trinajstić information content (AvgIpc) is 2.30. The average molecular weight is 279 g/mol. The Kier molecular flexibility index (Phi) is 2.59. The van der Waals surface area contributed by atoms with E-state index in [0.717, 1.165) is 0 Å². The summed E-state index contributed by atoms with van der Waals surface area (Å²) in [5.74, 6) is 0. The molecule has 0 saturated heterocycles. The van der Waals surface area contributed by atoms with Crippen LogP contribution in [0, 0.1) is 6.92 Å². The van der Waals surface area contributed by atoms with Crippen molar-refractivity contribution in [3.63, 3.8) is 0 Å². The molecule has 0 aromatic carbocycles. The van der Waals surface area contributed by atoms with E-state index in [2.05, 4.69) is 21.0 Å². The van der Waals surface area contributed by atoms with Gasteiger partial charge < -0.3 is 0 Å². The predicted octanol–water partition coefficient (Wildman–Crippen LogP) is 3.07. The van der Waals surface area contributed by atoms with Gasteiger partial charge in [0.15, 0.2) is 0 Å². The maximum atomic E-state index is 12.6.